The summed E-state index contributed by atoms with van der Waals surface area (Å²) in [5.41, 5.74) is 7.02. The highest BCUT2D eigenvalue weighted by Crippen LogP contribution is 2.30. The van der Waals surface area contributed by atoms with E-state index in [-0.39, 0.29) is 0 Å². The molecule has 2 aromatic rings. The number of fused-ring (bicyclic) bond motifs is 1. The number of nitrogens with two attached hydrogens (primary N) is 1. The first-order valence-corrected chi connectivity index (χ1v) is 5.48. The molecule has 1 aromatic heterocycles. The van der Waals surface area contributed by atoms with E-state index < -0.39 is 5.54 Å². The molecule has 1 aromatic carbocycles. The van der Waals surface area contributed by atoms with Crippen molar-refractivity contribution >= 4 is 22.7 Å². The molecule has 5 heteroatoms. The maximum atomic E-state index is 6.17. The van der Waals surface area contributed by atoms with Gasteiger partial charge in [0.05, 0.1) is 6.61 Å². The van der Waals surface area contributed by atoms with Crippen LogP contribution in [0.4, 0.5) is 0 Å². The lowest BCUT2D eigenvalue weighted by molar-refractivity contribution is 0.170. The van der Waals surface area contributed by atoms with Crippen LogP contribution in [0.2, 0.25) is 5.02 Å². The van der Waals surface area contributed by atoms with Crippen molar-refractivity contribution in [1.82, 2.24) is 4.98 Å². The summed E-state index contributed by atoms with van der Waals surface area (Å²) in [4.78, 5) is 4.37. The summed E-state index contributed by atoms with van der Waals surface area (Å²) >= 11 is 5.88. The monoisotopic (exact) mass is 238 g/mol. The van der Waals surface area contributed by atoms with Crippen molar-refractivity contribution in [2.24, 2.45) is 5.73 Å². The molecule has 1 unspecified atom stereocenters. The number of halogens is 1. The van der Waals surface area contributed by atoms with Crippen molar-refractivity contribution in [3.8, 4) is 0 Å². The zero-order valence-corrected chi connectivity index (χ0v) is 9.33. The number of oxazole rings is 1. The zero-order chi connectivity index (χ0) is 11.2. The molecule has 1 atom stereocenters. The van der Waals surface area contributed by atoms with Crippen LogP contribution in [0, 0.1) is 0 Å². The molecule has 0 bridgehead atoms. The Hall–Kier alpha value is -1.10. The van der Waals surface area contributed by atoms with Crippen molar-refractivity contribution in [3.05, 3.63) is 29.1 Å². The summed E-state index contributed by atoms with van der Waals surface area (Å²) in [6.07, 6.45) is 0.730. The lowest BCUT2D eigenvalue weighted by Gasteiger charge is -2.16. The maximum Gasteiger partial charge on any atom is 0.218 e. The van der Waals surface area contributed by atoms with Crippen molar-refractivity contribution in [2.45, 2.75) is 12.0 Å². The summed E-state index contributed by atoms with van der Waals surface area (Å²) < 4.78 is 10.9. The molecule has 4 nitrogen and oxygen atoms in total. The number of ether oxygens (including phenoxy) is 1. The van der Waals surface area contributed by atoms with Crippen LogP contribution in [0.1, 0.15) is 12.3 Å². The van der Waals surface area contributed by atoms with Crippen LogP contribution in [0.15, 0.2) is 22.6 Å². The first-order valence-electron chi connectivity index (χ1n) is 5.11. The van der Waals surface area contributed by atoms with Gasteiger partial charge in [-0.1, -0.05) is 11.6 Å². The second kappa shape index (κ2) is 3.45. The van der Waals surface area contributed by atoms with Crippen LogP contribution in [0.3, 0.4) is 0 Å². The van der Waals surface area contributed by atoms with E-state index in [1.54, 1.807) is 18.2 Å². The predicted octanol–water partition coefficient (Wildman–Crippen LogP) is 2.06. The van der Waals surface area contributed by atoms with Gasteiger partial charge in [0.1, 0.15) is 11.1 Å². The largest absolute Gasteiger partial charge is 0.439 e. The topological polar surface area (TPSA) is 61.3 Å². The third-order valence-electron chi connectivity index (χ3n) is 2.83. The average molecular weight is 239 g/mol. The summed E-state index contributed by atoms with van der Waals surface area (Å²) in [6, 6.07) is 5.34. The van der Waals surface area contributed by atoms with E-state index in [1.165, 1.54) is 0 Å². The van der Waals surface area contributed by atoms with Crippen LogP contribution in [-0.4, -0.2) is 18.2 Å². The molecule has 0 radical (unpaired) electrons. The molecular weight excluding hydrogens is 228 g/mol. The lowest BCUT2D eigenvalue weighted by Crippen LogP contribution is -2.37. The number of aromatic nitrogens is 1. The molecule has 1 aliphatic rings. The molecular formula is C11H11ClN2O2. The molecule has 16 heavy (non-hydrogen) atoms. The van der Waals surface area contributed by atoms with Crippen molar-refractivity contribution in [1.29, 1.82) is 0 Å². The molecule has 2 heterocycles. The van der Waals surface area contributed by atoms with Crippen molar-refractivity contribution < 1.29 is 9.15 Å². The lowest BCUT2D eigenvalue weighted by atomic mass is 10.0. The Morgan fingerprint density at radius 1 is 1.44 bits per heavy atom. The highest BCUT2D eigenvalue weighted by molar-refractivity contribution is 6.31. The predicted molar refractivity (Wildman–Crippen MR) is 60.3 cm³/mol. The Kier molecular flexibility index (Phi) is 2.17. The number of nitrogens with zero attached hydrogens (tertiary/aromatic N) is 1. The fraction of sp³-hybridized carbons (Fsp3) is 0.364. The summed E-state index contributed by atoms with van der Waals surface area (Å²) in [5, 5.41) is 0.640. The van der Waals surface area contributed by atoms with Gasteiger partial charge in [-0.05, 0) is 24.6 Å². The zero-order valence-electron chi connectivity index (χ0n) is 8.57. The molecule has 0 spiro atoms. The average Bonchev–Trinajstić information content (AvgIpc) is 2.84. The van der Waals surface area contributed by atoms with Gasteiger partial charge in [-0.25, -0.2) is 4.98 Å². The Balaban J connectivity index is 2.11. The molecule has 0 amide bonds. The Morgan fingerprint density at radius 2 is 2.31 bits per heavy atom. The molecule has 0 aliphatic carbocycles. The maximum absolute atomic E-state index is 6.17. The van der Waals surface area contributed by atoms with Gasteiger partial charge in [0.2, 0.25) is 5.89 Å². The number of hydrogen-bond donors (Lipinski definition) is 1. The van der Waals surface area contributed by atoms with E-state index in [0.29, 0.717) is 29.7 Å². The first-order chi connectivity index (χ1) is 7.67. The standard InChI is InChI=1S/C11H11ClN2O2/c12-7-1-2-9-8(5-7)14-10(16-9)11(13)3-4-15-6-11/h1-2,5H,3-4,6,13H2. The minimum Gasteiger partial charge on any atom is -0.439 e. The molecule has 1 fully saturated rings. The van der Waals surface area contributed by atoms with E-state index in [0.717, 1.165) is 11.9 Å². The number of rotatable bonds is 1. The third kappa shape index (κ3) is 1.50. The molecule has 0 saturated carbocycles. The molecule has 1 saturated heterocycles. The Bertz CT molecular complexity index is 532. The highest BCUT2D eigenvalue weighted by Gasteiger charge is 2.37. The third-order valence-corrected chi connectivity index (χ3v) is 3.06. The molecule has 3 rings (SSSR count). The van der Waals surface area contributed by atoms with Gasteiger partial charge in [-0.2, -0.15) is 0 Å². The van der Waals surface area contributed by atoms with Gasteiger partial charge in [-0.15, -0.1) is 0 Å². The van der Waals surface area contributed by atoms with Crippen LogP contribution in [0.5, 0.6) is 0 Å². The second-order valence-electron chi connectivity index (χ2n) is 4.09. The fourth-order valence-electron chi connectivity index (χ4n) is 1.86. The van der Waals surface area contributed by atoms with E-state index in [4.69, 9.17) is 26.5 Å². The van der Waals surface area contributed by atoms with Gasteiger partial charge in [0.15, 0.2) is 5.58 Å². The minimum atomic E-state index is -0.592. The van der Waals surface area contributed by atoms with Crippen LogP contribution < -0.4 is 5.73 Å². The van der Waals surface area contributed by atoms with E-state index >= 15 is 0 Å². The normalized spacial score (nSPS) is 25.4. The van der Waals surface area contributed by atoms with Crippen LogP contribution in [-0.2, 0) is 10.3 Å². The Labute approximate surface area is 97.3 Å². The Morgan fingerprint density at radius 3 is 3.06 bits per heavy atom. The molecule has 1 aliphatic heterocycles. The fourth-order valence-corrected chi connectivity index (χ4v) is 2.03. The summed E-state index contributed by atoms with van der Waals surface area (Å²) in [7, 11) is 0. The van der Waals surface area contributed by atoms with Crippen LogP contribution in [0.25, 0.3) is 11.1 Å². The molecule has 2 N–H and O–H groups in total. The van der Waals surface area contributed by atoms with Gasteiger partial charge in [0, 0.05) is 11.6 Å². The summed E-state index contributed by atoms with van der Waals surface area (Å²) in [6.45, 7) is 1.10. The van der Waals surface area contributed by atoms with E-state index in [1.807, 2.05) is 0 Å². The number of hydrogen-bond acceptors (Lipinski definition) is 4. The van der Waals surface area contributed by atoms with Crippen LogP contribution >= 0.6 is 11.6 Å². The smallest absolute Gasteiger partial charge is 0.218 e. The minimum absolute atomic E-state index is 0.452. The van der Waals surface area contributed by atoms with Crippen molar-refractivity contribution in [2.75, 3.05) is 13.2 Å². The second-order valence-corrected chi connectivity index (χ2v) is 4.53. The van der Waals surface area contributed by atoms with Gasteiger partial charge < -0.3 is 14.9 Å². The first kappa shape index (κ1) is 10.1. The van der Waals surface area contributed by atoms with E-state index in [9.17, 15) is 0 Å². The van der Waals surface area contributed by atoms with Gasteiger partial charge in [-0.3, -0.25) is 0 Å². The SMILES string of the molecule is NC1(c2nc3cc(Cl)ccc3o2)CCOC1. The van der Waals surface area contributed by atoms with Gasteiger partial charge >= 0.3 is 0 Å². The highest BCUT2D eigenvalue weighted by atomic mass is 35.5. The molecule has 84 valence electrons. The quantitative estimate of drug-likeness (QED) is 0.826. The number of benzene rings is 1. The van der Waals surface area contributed by atoms with Gasteiger partial charge in [0.25, 0.3) is 0 Å². The van der Waals surface area contributed by atoms with E-state index in [2.05, 4.69) is 4.98 Å². The van der Waals surface area contributed by atoms with Crippen molar-refractivity contribution in [3.63, 3.8) is 0 Å². The summed E-state index contributed by atoms with van der Waals surface area (Å²) in [5.74, 6) is 0.530.